The molecule has 10 heteroatoms. The van der Waals surface area contributed by atoms with Gasteiger partial charge in [0.2, 0.25) is 0 Å². The first-order valence-corrected chi connectivity index (χ1v) is 12.1. The normalized spacial score (nSPS) is 14.4. The number of carbonyl (C=O) groups excluding carboxylic acids is 4. The zero-order valence-electron chi connectivity index (χ0n) is 24.0. The fourth-order valence-electron chi connectivity index (χ4n) is 2.54. The van der Waals surface area contributed by atoms with Gasteiger partial charge in [0, 0.05) is 0 Å². The molecule has 2 amide bonds. The van der Waals surface area contributed by atoms with Crippen molar-refractivity contribution in [1.82, 2.24) is 10.6 Å². The maximum atomic E-state index is 12.7. The van der Waals surface area contributed by atoms with Gasteiger partial charge in [-0.25, -0.2) is 19.2 Å². The quantitative estimate of drug-likeness (QED) is 0.269. The van der Waals surface area contributed by atoms with Crippen molar-refractivity contribution in [3.05, 3.63) is 12.2 Å². The number of ether oxygens (including phenoxy) is 4. The highest BCUT2D eigenvalue weighted by molar-refractivity contribution is 5.82. The lowest BCUT2D eigenvalue weighted by Crippen LogP contribution is -2.46. The molecule has 0 heterocycles. The highest BCUT2D eigenvalue weighted by atomic mass is 16.6. The predicted molar refractivity (Wildman–Crippen MR) is 136 cm³/mol. The van der Waals surface area contributed by atoms with Crippen LogP contribution < -0.4 is 10.6 Å². The molecule has 2 atom stereocenters. The average Bonchev–Trinajstić information content (AvgIpc) is 2.56. The Bertz CT molecular complexity index is 727. The number of alkyl carbamates (subject to hydrolysis) is 2. The van der Waals surface area contributed by atoms with E-state index in [1.807, 2.05) is 0 Å². The molecule has 0 aliphatic carbocycles. The maximum Gasteiger partial charge on any atom is 0.408 e. The first-order chi connectivity index (χ1) is 16.0. The molecular weight excluding hydrogens is 468 g/mol. The van der Waals surface area contributed by atoms with Crippen LogP contribution in [0.15, 0.2) is 12.2 Å². The van der Waals surface area contributed by atoms with E-state index >= 15 is 0 Å². The summed E-state index contributed by atoms with van der Waals surface area (Å²) in [5.74, 6) is -1.26. The fraction of sp³-hybridized carbons (Fsp3) is 0.769. The fourth-order valence-corrected chi connectivity index (χ4v) is 2.54. The number of carbonyl (C=O) groups is 4. The summed E-state index contributed by atoms with van der Waals surface area (Å²) >= 11 is 0. The third-order valence-corrected chi connectivity index (χ3v) is 3.67. The Morgan fingerprint density at radius 2 is 0.778 bits per heavy atom. The lowest BCUT2D eigenvalue weighted by Gasteiger charge is -2.26. The molecule has 2 unspecified atom stereocenters. The van der Waals surface area contributed by atoms with Gasteiger partial charge in [-0.3, -0.25) is 0 Å². The van der Waals surface area contributed by atoms with Gasteiger partial charge in [-0.05, 0) is 95.9 Å². The van der Waals surface area contributed by atoms with Crippen molar-refractivity contribution in [3.63, 3.8) is 0 Å². The molecule has 0 aromatic carbocycles. The van der Waals surface area contributed by atoms with Gasteiger partial charge in [0.1, 0.15) is 34.5 Å². The molecule has 0 spiro atoms. The molecule has 0 aliphatic heterocycles. The number of rotatable bonds is 8. The van der Waals surface area contributed by atoms with Crippen LogP contribution in [0.4, 0.5) is 9.59 Å². The summed E-state index contributed by atoms with van der Waals surface area (Å²) in [6.07, 6.45) is 1.85. The molecule has 0 radical (unpaired) electrons. The number of hydrogen-bond acceptors (Lipinski definition) is 8. The van der Waals surface area contributed by atoms with Crippen molar-refractivity contribution in [3.8, 4) is 0 Å². The SMILES string of the molecule is CC(C)(C)OC(=O)NC(C/C=C/CC(NC(=O)OC(C)(C)C)C(=O)OC(C)(C)C)C(=O)OC(C)(C)C. The molecular formula is C26H46N2O8. The van der Waals surface area contributed by atoms with E-state index in [1.54, 1.807) is 95.2 Å². The van der Waals surface area contributed by atoms with E-state index in [1.165, 1.54) is 0 Å². The number of esters is 2. The summed E-state index contributed by atoms with van der Waals surface area (Å²) in [5.41, 5.74) is -3.00. The van der Waals surface area contributed by atoms with Gasteiger partial charge in [-0.15, -0.1) is 0 Å². The third-order valence-electron chi connectivity index (χ3n) is 3.67. The van der Waals surface area contributed by atoms with Gasteiger partial charge in [0.15, 0.2) is 0 Å². The summed E-state index contributed by atoms with van der Waals surface area (Å²) in [6, 6.07) is -2.04. The summed E-state index contributed by atoms with van der Waals surface area (Å²) in [5, 5.41) is 5.06. The Labute approximate surface area is 215 Å². The van der Waals surface area contributed by atoms with Crippen LogP contribution in [-0.4, -0.2) is 58.6 Å². The van der Waals surface area contributed by atoms with Crippen LogP contribution in [-0.2, 0) is 28.5 Å². The summed E-state index contributed by atoms with van der Waals surface area (Å²) in [7, 11) is 0. The Balaban J connectivity index is 5.49. The van der Waals surface area contributed by atoms with E-state index in [0.29, 0.717) is 0 Å². The molecule has 0 aromatic heterocycles. The van der Waals surface area contributed by atoms with Crippen molar-refractivity contribution in [2.45, 2.75) is 130 Å². The molecule has 2 N–H and O–H groups in total. The van der Waals surface area contributed by atoms with Gasteiger partial charge in [-0.2, -0.15) is 0 Å². The summed E-state index contributed by atoms with van der Waals surface area (Å²) in [6.45, 7) is 20.6. The molecule has 0 fully saturated rings. The van der Waals surface area contributed by atoms with Crippen LogP contribution in [0.3, 0.4) is 0 Å². The van der Waals surface area contributed by atoms with Crippen LogP contribution >= 0.6 is 0 Å². The average molecular weight is 515 g/mol. The molecule has 0 rings (SSSR count). The van der Waals surface area contributed by atoms with E-state index in [2.05, 4.69) is 10.6 Å². The van der Waals surface area contributed by atoms with Gasteiger partial charge < -0.3 is 29.6 Å². The van der Waals surface area contributed by atoms with E-state index < -0.39 is 58.6 Å². The van der Waals surface area contributed by atoms with Crippen molar-refractivity contribution < 1.29 is 38.1 Å². The monoisotopic (exact) mass is 514 g/mol. The Morgan fingerprint density at radius 1 is 0.528 bits per heavy atom. The van der Waals surface area contributed by atoms with Gasteiger partial charge in [0.25, 0.3) is 0 Å². The minimum atomic E-state index is -1.02. The smallest absolute Gasteiger partial charge is 0.408 e. The van der Waals surface area contributed by atoms with Crippen molar-refractivity contribution in [2.75, 3.05) is 0 Å². The summed E-state index contributed by atoms with van der Waals surface area (Å²) < 4.78 is 21.3. The second kappa shape index (κ2) is 13.0. The lowest BCUT2D eigenvalue weighted by molar-refractivity contribution is -0.158. The molecule has 0 saturated heterocycles. The number of nitrogens with one attached hydrogen (secondary N) is 2. The van der Waals surface area contributed by atoms with Crippen LogP contribution in [0.5, 0.6) is 0 Å². The maximum absolute atomic E-state index is 12.7. The molecule has 0 aromatic rings. The van der Waals surface area contributed by atoms with Gasteiger partial charge >= 0.3 is 24.1 Å². The van der Waals surface area contributed by atoms with Crippen LogP contribution in [0.1, 0.15) is 95.9 Å². The first kappa shape index (κ1) is 33.2. The van der Waals surface area contributed by atoms with E-state index in [4.69, 9.17) is 18.9 Å². The standard InChI is InChI=1S/C26H46N2O8/c1-23(2,3)33-19(29)17(27-21(31)35-25(7,8)9)15-13-14-16-18(20(30)34-24(4,5)6)28-22(32)36-26(10,11)12/h13-14,17-18H,15-16H2,1-12H3,(H,27,31)(H,28,32)/b14-13+. The van der Waals surface area contributed by atoms with Crippen molar-refractivity contribution >= 4 is 24.1 Å². The zero-order chi connectivity index (χ0) is 28.5. The molecule has 0 saturated carbocycles. The second-order valence-electron chi connectivity index (χ2n) is 12.4. The third kappa shape index (κ3) is 17.6. The van der Waals surface area contributed by atoms with Gasteiger partial charge in [0.05, 0.1) is 0 Å². The summed E-state index contributed by atoms with van der Waals surface area (Å²) in [4.78, 5) is 49.8. The van der Waals surface area contributed by atoms with Crippen LogP contribution in [0.25, 0.3) is 0 Å². The zero-order valence-corrected chi connectivity index (χ0v) is 24.0. The second-order valence-corrected chi connectivity index (χ2v) is 12.4. The largest absolute Gasteiger partial charge is 0.458 e. The molecule has 36 heavy (non-hydrogen) atoms. The number of hydrogen-bond donors (Lipinski definition) is 2. The first-order valence-electron chi connectivity index (χ1n) is 12.1. The van der Waals surface area contributed by atoms with Crippen LogP contribution in [0.2, 0.25) is 0 Å². The minimum Gasteiger partial charge on any atom is -0.458 e. The lowest BCUT2D eigenvalue weighted by atomic mass is 10.1. The topological polar surface area (TPSA) is 129 Å². The predicted octanol–water partition coefficient (Wildman–Crippen LogP) is 4.79. The highest BCUT2D eigenvalue weighted by Gasteiger charge is 2.29. The highest BCUT2D eigenvalue weighted by Crippen LogP contribution is 2.14. The molecule has 0 bridgehead atoms. The molecule has 0 aliphatic rings. The van der Waals surface area contributed by atoms with Gasteiger partial charge in [-0.1, -0.05) is 12.2 Å². The van der Waals surface area contributed by atoms with E-state index in [0.717, 1.165) is 0 Å². The van der Waals surface area contributed by atoms with Crippen molar-refractivity contribution in [2.24, 2.45) is 0 Å². The Morgan fingerprint density at radius 3 is 1.00 bits per heavy atom. The Kier molecular flexibility index (Phi) is 12.0. The minimum absolute atomic E-state index is 0.0711. The van der Waals surface area contributed by atoms with E-state index in [9.17, 15) is 19.2 Å². The molecule has 10 nitrogen and oxygen atoms in total. The van der Waals surface area contributed by atoms with E-state index in [-0.39, 0.29) is 12.8 Å². The number of amides is 2. The molecule has 208 valence electrons. The Hall–Kier alpha value is -2.78. The van der Waals surface area contributed by atoms with Crippen LogP contribution in [0, 0.1) is 0 Å². The van der Waals surface area contributed by atoms with Crippen molar-refractivity contribution in [1.29, 1.82) is 0 Å².